The van der Waals surface area contributed by atoms with Crippen LogP contribution in [0.5, 0.6) is 5.75 Å². The minimum absolute atomic E-state index is 0.166. The van der Waals surface area contributed by atoms with Crippen LogP contribution in [0.4, 0.5) is 0 Å². The molecule has 1 fully saturated rings. The Morgan fingerprint density at radius 1 is 1.35 bits per heavy atom. The van der Waals surface area contributed by atoms with Crippen molar-refractivity contribution in [2.75, 3.05) is 13.7 Å². The molecule has 0 atom stereocenters. The summed E-state index contributed by atoms with van der Waals surface area (Å²) >= 11 is 6.26. The molecule has 0 unspecified atom stereocenters. The van der Waals surface area contributed by atoms with Crippen LogP contribution >= 0.6 is 11.6 Å². The Morgan fingerprint density at radius 2 is 2.10 bits per heavy atom. The Kier molecular flexibility index (Phi) is 5.30. The Bertz CT molecular complexity index is 444. The van der Waals surface area contributed by atoms with Crippen LogP contribution in [0.15, 0.2) is 18.2 Å². The van der Waals surface area contributed by atoms with Crippen LogP contribution in [0, 0.1) is 0 Å². The first-order chi connectivity index (χ1) is 9.50. The number of halogens is 1. The van der Waals surface area contributed by atoms with Gasteiger partial charge in [-0.05, 0) is 44.4 Å². The van der Waals surface area contributed by atoms with Gasteiger partial charge in [0.15, 0.2) is 0 Å². The summed E-state index contributed by atoms with van der Waals surface area (Å²) in [7, 11) is 1.72. The number of methoxy groups -OCH3 is 1. The van der Waals surface area contributed by atoms with E-state index in [1.165, 1.54) is 18.4 Å². The summed E-state index contributed by atoms with van der Waals surface area (Å²) in [6, 6.07) is 6.71. The molecule has 2 rings (SSSR count). The first-order valence-corrected chi connectivity index (χ1v) is 7.58. The number of nitrogens with one attached hydrogen (secondary N) is 1. The van der Waals surface area contributed by atoms with Gasteiger partial charge in [-0.15, -0.1) is 0 Å². The number of ether oxygens (including phenoxy) is 2. The lowest BCUT2D eigenvalue weighted by Crippen LogP contribution is -2.25. The number of hydrogen-bond donors (Lipinski definition) is 1. The molecule has 0 amide bonds. The average molecular weight is 298 g/mol. The highest BCUT2D eigenvalue weighted by atomic mass is 35.5. The largest absolute Gasteiger partial charge is 0.492 e. The van der Waals surface area contributed by atoms with Crippen LogP contribution < -0.4 is 10.1 Å². The predicted molar refractivity (Wildman–Crippen MR) is 82.5 cm³/mol. The molecule has 0 aromatic heterocycles. The van der Waals surface area contributed by atoms with E-state index in [-0.39, 0.29) is 5.60 Å². The van der Waals surface area contributed by atoms with E-state index in [2.05, 4.69) is 11.4 Å². The fourth-order valence-corrected chi connectivity index (χ4v) is 2.09. The Hall–Kier alpha value is -0.770. The monoisotopic (exact) mass is 297 g/mol. The van der Waals surface area contributed by atoms with Crippen molar-refractivity contribution in [3.63, 3.8) is 0 Å². The van der Waals surface area contributed by atoms with Gasteiger partial charge in [0.05, 0.1) is 17.2 Å². The van der Waals surface area contributed by atoms with Crippen molar-refractivity contribution in [2.45, 2.75) is 51.3 Å². The second kappa shape index (κ2) is 6.79. The van der Waals surface area contributed by atoms with Gasteiger partial charge in [0.25, 0.3) is 0 Å². The van der Waals surface area contributed by atoms with E-state index in [1.54, 1.807) is 7.11 Å². The quantitative estimate of drug-likeness (QED) is 0.792. The summed E-state index contributed by atoms with van der Waals surface area (Å²) in [6.45, 7) is 5.57. The fourth-order valence-electron chi connectivity index (χ4n) is 1.83. The molecule has 112 valence electrons. The number of hydrogen-bond acceptors (Lipinski definition) is 3. The molecule has 0 spiro atoms. The van der Waals surface area contributed by atoms with E-state index >= 15 is 0 Å². The molecule has 3 nitrogen and oxygen atoms in total. The molecule has 0 heterocycles. The zero-order chi connectivity index (χ0) is 14.6. The van der Waals surface area contributed by atoms with Gasteiger partial charge < -0.3 is 14.8 Å². The molecule has 0 radical (unpaired) electrons. The standard InChI is InChI=1S/C16H24ClNO2/c1-16(2,19-3)8-9-20-15-7-4-12(10-14(15)17)11-18-13-5-6-13/h4,7,10,13,18H,5-6,8-9,11H2,1-3H3. The van der Waals surface area contributed by atoms with Gasteiger partial charge in [0.2, 0.25) is 0 Å². The maximum Gasteiger partial charge on any atom is 0.137 e. The highest BCUT2D eigenvalue weighted by Crippen LogP contribution is 2.27. The van der Waals surface area contributed by atoms with Crippen molar-refractivity contribution >= 4 is 11.6 Å². The van der Waals surface area contributed by atoms with E-state index < -0.39 is 0 Å². The highest BCUT2D eigenvalue weighted by molar-refractivity contribution is 6.32. The Balaban J connectivity index is 1.82. The van der Waals surface area contributed by atoms with Crippen molar-refractivity contribution in [3.05, 3.63) is 28.8 Å². The number of rotatable bonds is 8. The fraction of sp³-hybridized carbons (Fsp3) is 0.625. The SMILES string of the molecule is COC(C)(C)CCOc1ccc(CNC2CC2)cc1Cl. The molecule has 1 saturated carbocycles. The Morgan fingerprint density at radius 3 is 2.70 bits per heavy atom. The lowest BCUT2D eigenvalue weighted by molar-refractivity contribution is 0.00546. The topological polar surface area (TPSA) is 30.5 Å². The summed E-state index contributed by atoms with van der Waals surface area (Å²) in [5.41, 5.74) is 1.03. The zero-order valence-corrected chi connectivity index (χ0v) is 13.3. The van der Waals surface area contributed by atoms with E-state index in [1.807, 2.05) is 26.0 Å². The zero-order valence-electron chi connectivity index (χ0n) is 12.5. The summed E-state index contributed by atoms with van der Waals surface area (Å²) < 4.78 is 11.1. The van der Waals surface area contributed by atoms with Crippen LogP contribution in [0.3, 0.4) is 0 Å². The second-order valence-electron chi connectivity index (χ2n) is 5.98. The van der Waals surface area contributed by atoms with E-state index in [9.17, 15) is 0 Å². The van der Waals surface area contributed by atoms with Crippen LogP contribution in [0.25, 0.3) is 0 Å². The minimum atomic E-state index is -0.166. The maximum absolute atomic E-state index is 6.26. The number of benzene rings is 1. The second-order valence-corrected chi connectivity index (χ2v) is 6.39. The average Bonchev–Trinajstić information content (AvgIpc) is 3.23. The molecule has 0 aliphatic heterocycles. The summed E-state index contributed by atoms with van der Waals surface area (Å²) in [4.78, 5) is 0. The molecule has 1 aliphatic rings. The van der Waals surface area contributed by atoms with Crippen molar-refractivity contribution in [1.82, 2.24) is 5.32 Å². The molecule has 1 N–H and O–H groups in total. The van der Waals surface area contributed by atoms with Crippen LogP contribution in [0.2, 0.25) is 5.02 Å². The molecule has 1 aromatic rings. The predicted octanol–water partition coefficient (Wildman–Crippen LogP) is 3.79. The van der Waals surface area contributed by atoms with E-state index in [4.69, 9.17) is 21.1 Å². The van der Waals surface area contributed by atoms with Crippen molar-refractivity contribution in [1.29, 1.82) is 0 Å². The molecular formula is C16H24ClNO2. The van der Waals surface area contributed by atoms with Gasteiger partial charge >= 0.3 is 0 Å². The van der Waals surface area contributed by atoms with Crippen molar-refractivity contribution in [3.8, 4) is 5.75 Å². The van der Waals surface area contributed by atoms with Gasteiger partial charge in [-0.3, -0.25) is 0 Å². The molecule has 0 saturated heterocycles. The lowest BCUT2D eigenvalue weighted by atomic mass is 10.1. The molecule has 4 heteroatoms. The first kappa shape index (κ1) is 15.6. The highest BCUT2D eigenvalue weighted by Gasteiger charge is 2.20. The third-order valence-electron chi connectivity index (χ3n) is 3.68. The molecule has 1 aliphatic carbocycles. The summed E-state index contributed by atoms with van der Waals surface area (Å²) in [5.74, 6) is 0.744. The smallest absolute Gasteiger partial charge is 0.137 e. The van der Waals surface area contributed by atoms with Crippen LogP contribution in [-0.4, -0.2) is 25.4 Å². The van der Waals surface area contributed by atoms with E-state index in [0.717, 1.165) is 18.7 Å². The Labute approximate surface area is 126 Å². The van der Waals surface area contributed by atoms with Gasteiger partial charge in [-0.25, -0.2) is 0 Å². The first-order valence-electron chi connectivity index (χ1n) is 7.20. The van der Waals surface area contributed by atoms with Gasteiger partial charge in [0.1, 0.15) is 5.75 Å². The van der Waals surface area contributed by atoms with Crippen molar-refractivity contribution in [2.24, 2.45) is 0 Å². The normalized spacial score (nSPS) is 15.4. The van der Waals surface area contributed by atoms with Crippen LogP contribution in [0.1, 0.15) is 38.7 Å². The van der Waals surface area contributed by atoms with Gasteiger partial charge in [-0.2, -0.15) is 0 Å². The van der Waals surface area contributed by atoms with E-state index in [0.29, 0.717) is 17.7 Å². The maximum atomic E-state index is 6.26. The third-order valence-corrected chi connectivity index (χ3v) is 3.98. The van der Waals surface area contributed by atoms with Gasteiger partial charge in [0, 0.05) is 26.1 Å². The molecule has 20 heavy (non-hydrogen) atoms. The van der Waals surface area contributed by atoms with Crippen molar-refractivity contribution < 1.29 is 9.47 Å². The van der Waals surface area contributed by atoms with Gasteiger partial charge in [-0.1, -0.05) is 17.7 Å². The molecule has 0 bridgehead atoms. The summed E-state index contributed by atoms with van der Waals surface area (Å²) in [5, 5.41) is 4.15. The molecule has 1 aromatic carbocycles. The van der Waals surface area contributed by atoms with Crippen LogP contribution in [-0.2, 0) is 11.3 Å². The third kappa shape index (κ3) is 4.97. The summed E-state index contributed by atoms with van der Waals surface area (Å²) in [6.07, 6.45) is 3.42. The molecular weight excluding hydrogens is 274 g/mol. The minimum Gasteiger partial charge on any atom is -0.492 e. The lowest BCUT2D eigenvalue weighted by Gasteiger charge is -2.22.